The average Bonchev–Trinajstić information content (AvgIpc) is 2.89. The lowest BCUT2D eigenvalue weighted by Crippen LogP contribution is -2.45. The molecular formula is C16H19ClN2O3. The van der Waals surface area contributed by atoms with Crippen LogP contribution in [0, 0.1) is 5.92 Å². The minimum absolute atomic E-state index is 0.0184. The summed E-state index contributed by atoms with van der Waals surface area (Å²) in [6.07, 6.45) is 2.16. The fraction of sp³-hybridized carbons (Fsp3) is 0.500. The molecule has 2 N–H and O–H groups in total. The predicted molar refractivity (Wildman–Crippen MR) is 82.7 cm³/mol. The van der Waals surface area contributed by atoms with E-state index in [2.05, 4.69) is 0 Å². The highest BCUT2D eigenvalue weighted by molar-refractivity contribution is 6.30. The Morgan fingerprint density at radius 3 is 2.73 bits per heavy atom. The van der Waals surface area contributed by atoms with Gasteiger partial charge in [-0.15, -0.1) is 0 Å². The first kappa shape index (κ1) is 15.2. The first-order valence-electron chi connectivity index (χ1n) is 7.55. The molecule has 118 valence electrons. The molecule has 0 unspecified atom stereocenters. The number of likely N-dealkylation sites (tertiary alicyclic amines) is 1. The third-order valence-electron chi connectivity index (χ3n) is 4.39. The highest BCUT2D eigenvalue weighted by Crippen LogP contribution is 2.32. The zero-order valence-electron chi connectivity index (χ0n) is 12.3. The van der Waals surface area contributed by atoms with Crippen LogP contribution in [-0.2, 0) is 16.0 Å². The molecule has 1 aromatic rings. The van der Waals surface area contributed by atoms with Gasteiger partial charge in [-0.3, -0.25) is 9.59 Å². The third-order valence-corrected chi connectivity index (χ3v) is 4.62. The van der Waals surface area contributed by atoms with Crippen LogP contribution in [0.5, 0.6) is 5.75 Å². The number of amides is 2. The number of halogens is 1. The van der Waals surface area contributed by atoms with E-state index in [-0.39, 0.29) is 11.8 Å². The number of piperidine rings is 1. The molecule has 5 nitrogen and oxygen atoms in total. The molecule has 0 saturated carbocycles. The molecule has 0 radical (unpaired) electrons. The quantitative estimate of drug-likeness (QED) is 0.921. The summed E-state index contributed by atoms with van der Waals surface area (Å²) in [5.41, 5.74) is 6.21. The minimum Gasteiger partial charge on any atom is -0.480 e. The van der Waals surface area contributed by atoms with Crippen LogP contribution in [0.1, 0.15) is 24.8 Å². The summed E-state index contributed by atoms with van der Waals surface area (Å²) in [4.78, 5) is 25.3. The van der Waals surface area contributed by atoms with Crippen molar-refractivity contribution < 1.29 is 14.3 Å². The van der Waals surface area contributed by atoms with Gasteiger partial charge in [0.1, 0.15) is 5.75 Å². The zero-order chi connectivity index (χ0) is 15.7. The highest BCUT2D eigenvalue weighted by atomic mass is 35.5. The van der Waals surface area contributed by atoms with E-state index in [1.165, 1.54) is 0 Å². The van der Waals surface area contributed by atoms with Crippen LogP contribution in [0.25, 0.3) is 0 Å². The molecule has 0 bridgehead atoms. The Balaban J connectivity index is 1.57. The summed E-state index contributed by atoms with van der Waals surface area (Å²) >= 11 is 5.97. The maximum atomic E-state index is 12.6. The highest BCUT2D eigenvalue weighted by Gasteiger charge is 2.34. The molecule has 1 atom stereocenters. The van der Waals surface area contributed by atoms with Gasteiger partial charge in [0.2, 0.25) is 5.91 Å². The number of rotatable bonds is 3. The van der Waals surface area contributed by atoms with E-state index in [1.54, 1.807) is 6.07 Å². The van der Waals surface area contributed by atoms with Crippen LogP contribution in [0.4, 0.5) is 0 Å². The molecule has 2 heterocycles. The Morgan fingerprint density at radius 1 is 1.32 bits per heavy atom. The standard InChI is InChI=1S/C16H19ClN2O3/c17-12-1-2-13-11(8-12)9-14(22-13)16(21)19-5-3-10(4-6-19)7-15(18)20/h1-2,8,10,14H,3-7,9H2,(H2,18,20)/t14-/m1/s1. The normalized spacial score (nSPS) is 21.3. The van der Waals surface area contributed by atoms with Crippen LogP contribution in [0.15, 0.2) is 18.2 Å². The van der Waals surface area contributed by atoms with Crippen LogP contribution in [-0.4, -0.2) is 35.9 Å². The van der Waals surface area contributed by atoms with Gasteiger partial charge in [-0.05, 0) is 42.5 Å². The molecule has 22 heavy (non-hydrogen) atoms. The third kappa shape index (κ3) is 3.19. The van der Waals surface area contributed by atoms with Crippen LogP contribution in [0.2, 0.25) is 5.02 Å². The van der Waals surface area contributed by atoms with Crippen molar-refractivity contribution >= 4 is 23.4 Å². The number of nitrogens with two attached hydrogens (primary N) is 1. The van der Waals surface area contributed by atoms with Gasteiger partial charge in [0.15, 0.2) is 6.10 Å². The van der Waals surface area contributed by atoms with Crippen LogP contribution < -0.4 is 10.5 Å². The molecule has 1 fully saturated rings. The number of benzene rings is 1. The molecule has 3 rings (SSSR count). The fourth-order valence-corrected chi connectivity index (χ4v) is 3.40. The first-order valence-corrected chi connectivity index (χ1v) is 7.93. The van der Waals surface area contributed by atoms with Gasteiger partial charge >= 0.3 is 0 Å². The molecule has 6 heteroatoms. The van der Waals surface area contributed by atoms with E-state index in [9.17, 15) is 9.59 Å². The molecule has 2 amide bonds. The smallest absolute Gasteiger partial charge is 0.263 e. The Hall–Kier alpha value is -1.75. The minimum atomic E-state index is -0.457. The molecule has 0 aromatic heterocycles. The summed E-state index contributed by atoms with van der Waals surface area (Å²) in [5, 5.41) is 0.655. The van der Waals surface area contributed by atoms with Gasteiger partial charge in [0.25, 0.3) is 5.91 Å². The van der Waals surface area contributed by atoms with E-state index in [1.807, 2.05) is 17.0 Å². The second kappa shape index (κ2) is 6.16. The lowest BCUT2D eigenvalue weighted by Gasteiger charge is -2.32. The number of ether oxygens (including phenoxy) is 1. The first-order chi connectivity index (χ1) is 10.5. The lowest BCUT2D eigenvalue weighted by atomic mass is 9.93. The maximum absolute atomic E-state index is 12.6. The summed E-state index contributed by atoms with van der Waals surface area (Å²) < 4.78 is 5.74. The largest absolute Gasteiger partial charge is 0.480 e. The summed E-state index contributed by atoms with van der Waals surface area (Å²) in [6.45, 7) is 1.32. The van der Waals surface area contributed by atoms with Crippen LogP contribution >= 0.6 is 11.6 Å². The fourth-order valence-electron chi connectivity index (χ4n) is 3.20. The predicted octanol–water partition coefficient (Wildman–Crippen LogP) is 1.76. The Bertz CT molecular complexity index is 597. The van der Waals surface area contributed by atoms with Gasteiger partial charge < -0.3 is 15.4 Å². The number of fused-ring (bicyclic) bond motifs is 1. The van der Waals surface area contributed by atoms with Crippen molar-refractivity contribution in [1.29, 1.82) is 0 Å². The lowest BCUT2D eigenvalue weighted by molar-refractivity contribution is -0.139. The number of carbonyl (C=O) groups excluding carboxylic acids is 2. The second-order valence-electron chi connectivity index (χ2n) is 6.00. The van der Waals surface area contributed by atoms with Crippen molar-refractivity contribution in [3.8, 4) is 5.75 Å². The van der Waals surface area contributed by atoms with Crippen molar-refractivity contribution in [3.63, 3.8) is 0 Å². The SMILES string of the molecule is NC(=O)CC1CCN(C(=O)[C@H]2Cc3cc(Cl)ccc3O2)CC1. The van der Waals surface area contributed by atoms with Crippen molar-refractivity contribution in [1.82, 2.24) is 4.90 Å². The Morgan fingerprint density at radius 2 is 2.05 bits per heavy atom. The summed E-state index contributed by atoms with van der Waals surface area (Å²) in [5.74, 6) is 0.787. The summed E-state index contributed by atoms with van der Waals surface area (Å²) in [6, 6.07) is 5.43. The van der Waals surface area contributed by atoms with E-state index < -0.39 is 6.10 Å². The monoisotopic (exact) mass is 322 g/mol. The molecule has 1 saturated heterocycles. The number of carbonyl (C=O) groups is 2. The van der Waals surface area contributed by atoms with Gasteiger partial charge in [-0.25, -0.2) is 0 Å². The van der Waals surface area contributed by atoms with E-state index in [0.717, 1.165) is 24.2 Å². The Kier molecular flexibility index (Phi) is 4.25. The number of nitrogens with zero attached hydrogens (tertiary/aromatic N) is 1. The molecule has 0 spiro atoms. The second-order valence-corrected chi connectivity index (χ2v) is 6.44. The van der Waals surface area contributed by atoms with E-state index in [4.69, 9.17) is 22.1 Å². The topological polar surface area (TPSA) is 72.6 Å². The molecule has 0 aliphatic carbocycles. The Labute approximate surface area is 134 Å². The van der Waals surface area contributed by atoms with Gasteiger partial charge in [-0.1, -0.05) is 11.6 Å². The van der Waals surface area contributed by atoms with Gasteiger partial charge in [0.05, 0.1) is 0 Å². The average molecular weight is 323 g/mol. The van der Waals surface area contributed by atoms with E-state index >= 15 is 0 Å². The number of hydrogen-bond acceptors (Lipinski definition) is 3. The maximum Gasteiger partial charge on any atom is 0.263 e. The number of primary amides is 1. The van der Waals surface area contributed by atoms with Gasteiger partial charge in [0, 0.05) is 31.0 Å². The van der Waals surface area contributed by atoms with Crippen LogP contribution in [0.3, 0.4) is 0 Å². The summed E-state index contributed by atoms with van der Waals surface area (Å²) in [7, 11) is 0. The van der Waals surface area contributed by atoms with Crippen molar-refractivity contribution in [2.45, 2.75) is 31.8 Å². The molecule has 2 aliphatic rings. The molecule has 2 aliphatic heterocycles. The zero-order valence-corrected chi connectivity index (χ0v) is 13.0. The van der Waals surface area contributed by atoms with E-state index in [0.29, 0.717) is 36.9 Å². The van der Waals surface area contributed by atoms with Crippen molar-refractivity contribution in [2.75, 3.05) is 13.1 Å². The van der Waals surface area contributed by atoms with Gasteiger partial charge in [-0.2, -0.15) is 0 Å². The number of hydrogen-bond donors (Lipinski definition) is 1. The van der Waals surface area contributed by atoms with Crippen molar-refractivity contribution in [3.05, 3.63) is 28.8 Å². The molecule has 1 aromatic carbocycles. The van der Waals surface area contributed by atoms with Crippen molar-refractivity contribution in [2.24, 2.45) is 11.7 Å². The molecular weight excluding hydrogens is 304 g/mol.